The summed E-state index contributed by atoms with van der Waals surface area (Å²) in [5.74, 6) is 0.0981. The lowest BCUT2D eigenvalue weighted by atomic mass is 10.5. The van der Waals surface area contributed by atoms with Crippen molar-refractivity contribution in [3.63, 3.8) is 0 Å². The highest BCUT2D eigenvalue weighted by Crippen LogP contribution is 1.95. The van der Waals surface area contributed by atoms with Gasteiger partial charge in [0.05, 0.1) is 19.0 Å². The lowest BCUT2D eigenvalue weighted by molar-refractivity contribution is 0.0272. The molecule has 0 unspecified atom stereocenters. The van der Waals surface area contributed by atoms with Crippen LogP contribution in [0.15, 0.2) is 0 Å². The van der Waals surface area contributed by atoms with Crippen molar-refractivity contribution in [3.8, 4) is 0 Å². The maximum atomic E-state index is 11.4. The maximum Gasteiger partial charge on any atom is 0.225 e. The van der Waals surface area contributed by atoms with Gasteiger partial charge in [-0.2, -0.15) is 0 Å². The molecule has 0 spiro atoms. The van der Waals surface area contributed by atoms with Crippen LogP contribution >= 0.6 is 0 Å². The highest BCUT2D eigenvalue weighted by Gasteiger charge is 2.17. The van der Waals surface area contributed by atoms with Gasteiger partial charge in [-0.15, -0.1) is 4.83 Å². The Balaban J connectivity index is 2.33. The summed E-state index contributed by atoms with van der Waals surface area (Å²) in [5.41, 5.74) is 0. The molecule has 0 aromatic heterocycles. The van der Waals surface area contributed by atoms with Gasteiger partial charge in [0.1, 0.15) is 0 Å². The van der Waals surface area contributed by atoms with Crippen LogP contribution < -0.4 is 10.1 Å². The number of morpholine rings is 1. The zero-order valence-corrected chi connectivity index (χ0v) is 9.14. The second-order valence-corrected chi connectivity index (χ2v) is 4.93. The summed E-state index contributed by atoms with van der Waals surface area (Å²) in [5, 5.41) is 4.47. The van der Waals surface area contributed by atoms with Crippen molar-refractivity contribution in [3.05, 3.63) is 0 Å². The number of hydrazine groups is 1. The molecule has 1 heterocycles. The van der Waals surface area contributed by atoms with Gasteiger partial charge in [-0.05, 0) is 7.05 Å². The summed E-state index contributed by atoms with van der Waals surface area (Å²) in [7, 11) is -1.46. The molecule has 0 aliphatic carbocycles. The van der Waals surface area contributed by atoms with Crippen molar-refractivity contribution in [2.24, 2.45) is 0 Å². The topological polar surface area (TPSA) is 70.7 Å². The average molecular weight is 223 g/mol. The van der Waals surface area contributed by atoms with Gasteiger partial charge in [0.15, 0.2) is 0 Å². The van der Waals surface area contributed by atoms with Crippen molar-refractivity contribution in [2.45, 2.75) is 0 Å². The van der Waals surface area contributed by atoms with Gasteiger partial charge in [0.2, 0.25) is 10.0 Å². The number of nitrogens with one attached hydrogen (secondary N) is 2. The van der Waals surface area contributed by atoms with Crippen LogP contribution in [0.25, 0.3) is 0 Å². The van der Waals surface area contributed by atoms with Gasteiger partial charge >= 0.3 is 0 Å². The number of hydrogen-bond donors (Lipinski definition) is 2. The summed E-state index contributed by atoms with van der Waals surface area (Å²) >= 11 is 0. The first-order valence-electron chi connectivity index (χ1n) is 4.61. The molecular formula is C7H17N3O3S. The van der Waals surface area contributed by atoms with Crippen molar-refractivity contribution < 1.29 is 13.2 Å². The van der Waals surface area contributed by atoms with Crippen LogP contribution in [0.1, 0.15) is 0 Å². The third-order valence-corrected chi connectivity index (χ3v) is 3.18. The van der Waals surface area contributed by atoms with Gasteiger partial charge in [0, 0.05) is 19.6 Å². The van der Waals surface area contributed by atoms with E-state index in [9.17, 15) is 8.42 Å². The van der Waals surface area contributed by atoms with Gasteiger partial charge in [0.25, 0.3) is 0 Å². The van der Waals surface area contributed by atoms with E-state index in [1.165, 1.54) is 0 Å². The monoisotopic (exact) mass is 223 g/mol. The number of sulfonamides is 1. The van der Waals surface area contributed by atoms with E-state index in [-0.39, 0.29) is 5.75 Å². The third kappa shape index (κ3) is 4.34. The zero-order chi connectivity index (χ0) is 10.4. The highest BCUT2D eigenvalue weighted by molar-refractivity contribution is 7.89. The van der Waals surface area contributed by atoms with E-state index in [1.54, 1.807) is 12.1 Å². The smallest absolute Gasteiger partial charge is 0.225 e. The molecule has 0 aromatic carbocycles. The summed E-state index contributed by atoms with van der Waals surface area (Å²) < 4.78 is 28.0. The Morgan fingerprint density at radius 1 is 1.36 bits per heavy atom. The van der Waals surface area contributed by atoms with Crippen molar-refractivity contribution in [1.29, 1.82) is 0 Å². The first kappa shape index (κ1) is 11.9. The van der Waals surface area contributed by atoms with Gasteiger partial charge in [-0.25, -0.2) is 13.4 Å². The van der Waals surface area contributed by atoms with E-state index < -0.39 is 10.0 Å². The Bertz CT molecular complexity index is 249. The van der Waals surface area contributed by atoms with Gasteiger partial charge in [-0.3, -0.25) is 0 Å². The SMILES string of the molecule is CNCCS(=O)(=O)NN1CCOCC1. The molecule has 0 radical (unpaired) electrons. The van der Waals surface area contributed by atoms with Gasteiger partial charge in [-0.1, -0.05) is 0 Å². The van der Waals surface area contributed by atoms with Crippen molar-refractivity contribution in [1.82, 2.24) is 15.2 Å². The largest absolute Gasteiger partial charge is 0.379 e. The first-order valence-corrected chi connectivity index (χ1v) is 6.27. The molecule has 0 aromatic rings. The Hall–Kier alpha value is -0.210. The Kier molecular flexibility index (Phi) is 4.76. The molecule has 84 valence electrons. The number of hydrogen-bond acceptors (Lipinski definition) is 5. The average Bonchev–Trinajstić information content (AvgIpc) is 2.16. The summed E-state index contributed by atoms with van der Waals surface area (Å²) in [4.78, 5) is 2.52. The molecule has 14 heavy (non-hydrogen) atoms. The third-order valence-electron chi connectivity index (χ3n) is 1.90. The fraction of sp³-hybridized carbons (Fsp3) is 1.00. The standard InChI is InChI=1S/C7H17N3O3S/c1-8-2-7-14(11,12)9-10-3-5-13-6-4-10/h8-9H,2-7H2,1H3. The van der Waals surface area contributed by atoms with E-state index in [1.807, 2.05) is 0 Å². The minimum absolute atomic E-state index is 0.0981. The van der Waals surface area contributed by atoms with Crippen LogP contribution in [0.5, 0.6) is 0 Å². The molecule has 1 fully saturated rings. The van der Waals surface area contributed by atoms with Crippen LogP contribution in [-0.2, 0) is 14.8 Å². The van der Waals surface area contributed by atoms with Crippen LogP contribution in [0.2, 0.25) is 0 Å². The molecule has 1 saturated heterocycles. The Morgan fingerprint density at radius 3 is 2.57 bits per heavy atom. The number of rotatable bonds is 5. The lowest BCUT2D eigenvalue weighted by Crippen LogP contribution is -2.49. The van der Waals surface area contributed by atoms with Crippen molar-refractivity contribution in [2.75, 3.05) is 45.6 Å². The van der Waals surface area contributed by atoms with E-state index in [2.05, 4.69) is 10.1 Å². The van der Waals surface area contributed by atoms with Crippen LogP contribution in [-0.4, -0.2) is 59.1 Å². The Morgan fingerprint density at radius 2 is 2.00 bits per heavy atom. The van der Waals surface area contributed by atoms with E-state index in [4.69, 9.17) is 4.74 Å². The Labute approximate surface area is 84.6 Å². The molecular weight excluding hydrogens is 206 g/mol. The molecule has 1 rings (SSSR count). The lowest BCUT2D eigenvalue weighted by Gasteiger charge is -2.26. The summed E-state index contributed by atoms with van der Waals surface area (Å²) in [6.07, 6.45) is 0. The van der Waals surface area contributed by atoms with E-state index in [0.29, 0.717) is 32.8 Å². The minimum atomic E-state index is -3.19. The number of ether oxygens (including phenoxy) is 1. The zero-order valence-electron chi connectivity index (χ0n) is 8.32. The van der Waals surface area contributed by atoms with Gasteiger partial charge < -0.3 is 10.1 Å². The fourth-order valence-corrected chi connectivity index (χ4v) is 2.27. The molecule has 6 nitrogen and oxygen atoms in total. The maximum absolute atomic E-state index is 11.4. The van der Waals surface area contributed by atoms with E-state index >= 15 is 0 Å². The molecule has 2 N–H and O–H groups in total. The van der Waals surface area contributed by atoms with Crippen LogP contribution in [0.4, 0.5) is 0 Å². The second-order valence-electron chi connectivity index (χ2n) is 3.11. The normalized spacial score (nSPS) is 19.8. The van der Waals surface area contributed by atoms with E-state index in [0.717, 1.165) is 0 Å². The summed E-state index contributed by atoms with van der Waals surface area (Å²) in [6.45, 7) is 2.83. The quantitative estimate of drug-likeness (QED) is 0.586. The molecule has 1 aliphatic heterocycles. The van der Waals surface area contributed by atoms with Crippen LogP contribution in [0.3, 0.4) is 0 Å². The molecule has 0 saturated carbocycles. The van der Waals surface area contributed by atoms with Crippen LogP contribution in [0, 0.1) is 0 Å². The molecule has 0 bridgehead atoms. The molecule has 0 amide bonds. The molecule has 7 heteroatoms. The highest BCUT2D eigenvalue weighted by atomic mass is 32.2. The predicted octanol–water partition coefficient (Wildman–Crippen LogP) is -1.63. The van der Waals surface area contributed by atoms with Crippen molar-refractivity contribution >= 4 is 10.0 Å². The molecule has 1 aliphatic rings. The summed E-state index contributed by atoms with van der Waals surface area (Å²) in [6, 6.07) is 0. The predicted molar refractivity (Wildman–Crippen MR) is 53.2 cm³/mol. The number of nitrogens with zero attached hydrogens (tertiary/aromatic N) is 1. The second kappa shape index (κ2) is 5.62. The first-order chi connectivity index (χ1) is 6.64. The molecule has 0 atom stereocenters. The minimum Gasteiger partial charge on any atom is -0.379 e. The fourth-order valence-electron chi connectivity index (χ4n) is 1.13.